The quantitative estimate of drug-likeness (QED) is 0.871. The molecule has 0 aromatic heterocycles. The van der Waals surface area contributed by atoms with Crippen LogP contribution in [0.3, 0.4) is 0 Å². The lowest BCUT2D eigenvalue weighted by molar-refractivity contribution is -0.0380. The SMILES string of the molecule is Cc1cccc(C)c1CC1(CO)CCCOC1. The van der Waals surface area contributed by atoms with Crippen LogP contribution in [0.4, 0.5) is 0 Å². The van der Waals surface area contributed by atoms with E-state index in [2.05, 4.69) is 32.0 Å². The molecule has 0 saturated carbocycles. The molecule has 0 aliphatic carbocycles. The molecule has 1 aromatic carbocycles. The first-order valence-electron chi connectivity index (χ1n) is 6.41. The fourth-order valence-electron chi connectivity index (χ4n) is 2.73. The molecule has 2 nitrogen and oxygen atoms in total. The zero-order valence-electron chi connectivity index (χ0n) is 10.8. The van der Waals surface area contributed by atoms with Gasteiger partial charge in [0, 0.05) is 12.0 Å². The zero-order valence-corrected chi connectivity index (χ0v) is 10.8. The molecule has 1 aliphatic rings. The molecule has 0 amide bonds. The number of hydrogen-bond donors (Lipinski definition) is 1. The number of benzene rings is 1. The second-order valence-corrected chi connectivity index (χ2v) is 5.36. The van der Waals surface area contributed by atoms with Crippen LogP contribution < -0.4 is 0 Å². The maximum atomic E-state index is 9.70. The van der Waals surface area contributed by atoms with Gasteiger partial charge < -0.3 is 9.84 Å². The highest BCUT2D eigenvalue weighted by Gasteiger charge is 2.33. The average Bonchev–Trinajstić information content (AvgIpc) is 2.35. The van der Waals surface area contributed by atoms with Gasteiger partial charge >= 0.3 is 0 Å². The molecular weight excluding hydrogens is 212 g/mol. The smallest absolute Gasteiger partial charge is 0.0547 e. The highest BCUT2D eigenvalue weighted by atomic mass is 16.5. The van der Waals surface area contributed by atoms with Gasteiger partial charge in [-0.2, -0.15) is 0 Å². The average molecular weight is 234 g/mol. The van der Waals surface area contributed by atoms with Gasteiger partial charge in [0.15, 0.2) is 0 Å². The summed E-state index contributed by atoms with van der Waals surface area (Å²) in [7, 11) is 0. The number of aryl methyl sites for hydroxylation is 2. The van der Waals surface area contributed by atoms with Gasteiger partial charge in [0.2, 0.25) is 0 Å². The van der Waals surface area contributed by atoms with Crippen LogP contribution in [-0.4, -0.2) is 24.9 Å². The van der Waals surface area contributed by atoms with Crippen LogP contribution >= 0.6 is 0 Å². The fourth-order valence-corrected chi connectivity index (χ4v) is 2.73. The Hall–Kier alpha value is -0.860. The largest absolute Gasteiger partial charge is 0.396 e. The van der Waals surface area contributed by atoms with Crippen LogP contribution in [0.2, 0.25) is 0 Å². The number of rotatable bonds is 3. The zero-order chi connectivity index (χ0) is 12.3. The van der Waals surface area contributed by atoms with Crippen LogP contribution in [0.5, 0.6) is 0 Å². The Labute approximate surface area is 104 Å². The van der Waals surface area contributed by atoms with Crippen molar-refractivity contribution in [3.8, 4) is 0 Å². The van der Waals surface area contributed by atoms with Crippen molar-refractivity contribution in [3.63, 3.8) is 0 Å². The van der Waals surface area contributed by atoms with Crippen molar-refractivity contribution in [1.29, 1.82) is 0 Å². The van der Waals surface area contributed by atoms with Crippen molar-refractivity contribution < 1.29 is 9.84 Å². The van der Waals surface area contributed by atoms with Crippen molar-refractivity contribution in [2.75, 3.05) is 19.8 Å². The number of aliphatic hydroxyl groups excluding tert-OH is 1. The fraction of sp³-hybridized carbons (Fsp3) is 0.600. The van der Waals surface area contributed by atoms with Crippen molar-refractivity contribution in [3.05, 3.63) is 34.9 Å². The van der Waals surface area contributed by atoms with Crippen LogP contribution in [0, 0.1) is 19.3 Å². The lowest BCUT2D eigenvalue weighted by Crippen LogP contribution is -2.37. The molecule has 1 heterocycles. The maximum Gasteiger partial charge on any atom is 0.0547 e. The van der Waals surface area contributed by atoms with Gasteiger partial charge in [-0.05, 0) is 49.8 Å². The molecule has 1 aliphatic heterocycles. The molecule has 17 heavy (non-hydrogen) atoms. The summed E-state index contributed by atoms with van der Waals surface area (Å²) in [5.41, 5.74) is 3.97. The summed E-state index contributed by atoms with van der Waals surface area (Å²) in [5.74, 6) is 0. The third-order valence-corrected chi connectivity index (χ3v) is 3.94. The summed E-state index contributed by atoms with van der Waals surface area (Å²) < 4.78 is 5.57. The Balaban J connectivity index is 2.23. The summed E-state index contributed by atoms with van der Waals surface area (Å²) in [4.78, 5) is 0. The van der Waals surface area contributed by atoms with E-state index in [-0.39, 0.29) is 12.0 Å². The van der Waals surface area contributed by atoms with Crippen molar-refractivity contribution in [2.45, 2.75) is 33.1 Å². The van der Waals surface area contributed by atoms with Gasteiger partial charge in [-0.25, -0.2) is 0 Å². The lowest BCUT2D eigenvalue weighted by atomic mass is 9.76. The maximum absolute atomic E-state index is 9.70. The monoisotopic (exact) mass is 234 g/mol. The summed E-state index contributed by atoms with van der Waals surface area (Å²) >= 11 is 0. The van der Waals surface area contributed by atoms with E-state index in [1.165, 1.54) is 16.7 Å². The van der Waals surface area contributed by atoms with Gasteiger partial charge in [0.1, 0.15) is 0 Å². The predicted octanol–water partition coefficient (Wildman–Crippen LogP) is 2.64. The molecule has 1 N–H and O–H groups in total. The Bertz CT molecular complexity index is 358. The molecule has 94 valence electrons. The molecule has 1 fully saturated rings. The number of aliphatic hydroxyl groups is 1. The van der Waals surface area contributed by atoms with Gasteiger partial charge in [-0.1, -0.05) is 18.2 Å². The molecule has 1 atom stereocenters. The van der Waals surface area contributed by atoms with Crippen LogP contribution in [0.25, 0.3) is 0 Å². The standard InChI is InChI=1S/C15H22O2/c1-12-5-3-6-13(2)14(12)9-15(10-16)7-4-8-17-11-15/h3,5-6,16H,4,7-11H2,1-2H3. The summed E-state index contributed by atoms with van der Waals surface area (Å²) in [6.45, 7) is 6.06. The second-order valence-electron chi connectivity index (χ2n) is 5.36. The topological polar surface area (TPSA) is 29.5 Å². The minimum Gasteiger partial charge on any atom is -0.396 e. The number of hydrogen-bond acceptors (Lipinski definition) is 2. The highest BCUT2D eigenvalue weighted by Crippen LogP contribution is 2.33. The van der Waals surface area contributed by atoms with Gasteiger partial charge in [0.05, 0.1) is 13.2 Å². The van der Waals surface area contributed by atoms with E-state index in [0.29, 0.717) is 6.61 Å². The predicted molar refractivity (Wildman–Crippen MR) is 69.2 cm³/mol. The normalized spacial score (nSPS) is 24.9. The van der Waals surface area contributed by atoms with E-state index in [4.69, 9.17) is 4.74 Å². The molecular formula is C15H22O2. The Kier molecular flexibility index (Phi) is 3.85. The molecule has 1 saturated heterocycles. The Morgan fingerprint density at radius 2 is 2.00 bits per heavy atom. The Morgan fingerprint density at radius 3 is 2.53 bits per heavy atom. The molecule has 1 unspecified atom stereocenters. The lowest BCUT2D eigenvalue weighted by Gasteiger charge is -2.36. The minimum absolute atomic E-state index is 0.0604. The van der Waals surface area contributed by atoms with E-state index in [1.54, 1.807) is 0 Å². The van der Waals surface area contributed by atoms with Crippen LogP contribution in [0.1, 0.15) is 29.5 Å². The summed E-state index contributed by atoms with van der Waals surface area (Å²) in [5, 5.41) is 9.70. The summed E-state index contributed by atoms with van der Waals surface area (Å²) in [6, 6.07) is 6.39. The van der Waals surface area contributed by atoms with Gasteiger partial charge in [0.25, 0.3) is 0 Å². The minimum atomic E-state index is -0.0604. The number of ether oxygens (including phenoxy) is 1. The van der Waals surface area contributed by atoms with Gasteiger partial charge in [-0.15, -0.1) is 0 Å². The third kappa shape index (κ3) is 2.70. The summed E-state index contributed by atoms with van der Waals surface area (Å²) in [6.07, 6.45) is 3.06. The highest BCUT2D eigenvalue weighted by molar-refractivity contribution is 5.34. The van der Waals surface area contributed by atoms with Crippen LogP contribution in [0.15, 0.2) is 18.2 Å². The molecule has 0 spiro atoms. The third-order valence-electron chi connectivity index (χ3n) is 3.94. The Morgan fingerprint density at radius 1 is 1.29 bits per heavy atom. The van der Waals surface area contributed by atoms with E-state index in [1.807, 2.05) is 0 Å². The van der Waals surface area contributed by atoms with Gasteiger partial charge in [-0.3, -0.25) is 0 Å². The molecule has 0 bridgehead atoms. The molecule has 1 aromatic rings. The first kappa shape index (κ1) is 12.6. The van der Waals surface area contributed by atoms with E-state index in [0.717, 1.165) is 25.9 Å². The van der Waals surface area contributed by atoms with E-state index < -0.39 is 0 Å². The van der Waals surface area contributed by atoms with E-state index in [9.17, 15) is 5.11 Å². The van der Waals surface area contributed by atoms with Crippen molar-refractivity contribution >= 4 is 0 Å². The van der Waals surface area contributed by atoms with Crippen LogP contribution in [-0.2, 0) is 11.2 Å². The van der Waals surface area contributed by atoms with E-state index >= 15 is 0 Å². The molecule has 2 rings (SSSR count). The first-order chi connectivity index (χ1) is 8.17. The molecule has 0 radical (unpaired) electrons. The van der Waals surface area contributed by atoms with Crippen molar-refractivity contribution in [1.82, 2.24) is 0 Å². The molecule has 2 heteroatoms. The first-order valence-corrected chi connectivity index (χ1v) is 6.41. The second kappa shape index (κ2) is 5.19. The van der Waals surface area contributed by atoms with Crippen molar-refractivity contribution in [2.24, 2.45) is 5.41 Å².